The van der Waals surface area contributed by atoms with E-state index in [0.29, 0.717) is 5.76 Å². The van der Waals surface area contributed by atoms with Gasteiger partial charge in [-0.05, 0) is 43.1 Å². The van der Waals surface area contributed by atoms with Gasteiger partial charge in [0.05, 0.1) is 22.9 Å². The maximum atomic E-state index is 13.1. The number of carbonyl (C=O) groups excluding carboxylic acids is 1. The largest absolute Gasteiger partial charge is 0.612 e. The molecule has 128 valence electrons. The van der Waals surface area contributed by atoms with E-state index in [4.69, 9.17) is 4.52 Å². The first-order valence-electron chi connectivity index (χ1n) is 7.25. The summed E-state index contributed by atoms with van der Waals surface area (Å²) in [5.41, 5.74) is -0.870. The Labute approximate surface area is 139 Å². The van der Waals surface area contributed by atoms with E-state index >= 15 is 0 Å². The summed E-state index contributed by atoms with van der Waals surface area (Å²) >= 11 is -1.75. The number of hydrogen-bond acceptors (Lipinski definition) is 4. The Balaban J connectivity index is 2.12. The molecule has 0 aliphatic heterocycles. The van der Waals surface area contributed by atoms with Crippen molar-refractivity contribution in [1.82, 2.24) is 5.16 Å². The molecule has 8 heteroatoms. The molecule has 1 unspecified atom stereocenters. The monoisotopic (exact) mass is 357 g/mol. The molecule has 3 rings (SSSR count). The second-order valence-electron chi connectivity index (χ2n) is 5.77. The van der Waals surface area contributed by atoms with Gasteiger partial charge in [-0.3, -0.25) is 4.79 Å². The predicted molar refractivity (Wildman–Crippen MR) is 80.4 cm³/mol. The molecule has 0 amide bonds. The Morgan fingerprint density at radius 3 is 2.54 bits per heavy atom. The molecule has 2 aromatic rings. The zero-order chi connectivity index (χ0) is 17.6. The van der Waals surface area contributed by atoms with Gasteiger partial charge in [-0.15, -0.1) is 0 Å². The van der Waals surface area contributed by atoms with Crippen LogP contribution in [0.5, 0.6) is 0 Å². The first-order chi connectivity index (χ1) is 11.2. The molecule has 1 aromatic carbocycles. The summed E-state index contributed by atoms with van der Waals surface area (Å²) in [4.78, 5) is 12.7. The average Bonchev–Trinajstić information content (AvgIpc) is 3.21. The van der Waals surface area contributed by atoms with Crippen molar-refractivity contribution in [2.24, 2.45) is 0 Å². The van der Waals surface area contributed by atoms with Crippen molar-refractivity contribution in [3.05, 3.63) is 46.3 Å². The first-order valence-corrected chi connectivity index (χ1v) is 8.81. The van der Waals surface area contributed by atoms with E-state index < -0.39 is 28.7 Å². The van der Waals surface area contributed by atoms with Crippen LogP contribution in [-0.4, -0.2) is 21.7 Å². The van der Waals surface area contributed by atoms with Crippen LogP contribution in [0.3, 0.4) is 0 Å². The van der Waals surface area contributed by atoms with E-state index in [-0.39, 0.29) is 27.5 Å². The summed E-state index contributed by atoms with van der Waals surface area (Å²) in [6.07, 6.45) is -0.279. The van der Waals surface area contributed by atoms with Crippen LogP contribution in [0.4, 0.5) is 13.2 Å². The average molecular weight is 357 g/mol. The minimum atomic E-state index is -4.57. The number of benzene rings is 1. The predicted octanol–water partition coefficient (Wildman–Crippen LogP) is 3.85. The van der Waals surface area contributed by atoms with E-state index in [1.54, 1.807) is 0 Å². The van der Waals surface area contributed by atoms with Crippen LogP contribution in [-0.2, 0) is 17.4 Å². The molecule has 0 radical (unpaired) electrons. The van der Waals surface area contributed by atoms with Crippen LogP contribution in [0.15, 0.2) is 27.7 Å². The minimum absolute atomic E-state index is 0.00793. The standard InChI is InChI=1S/C16H14F3NO3S/c1-8-12(16(17,18)19)6-5-10(15(8)24(2)22)13(21)11-7-20-23-14(11)9-3-4-9/h5-7,9H,3-4H2,1-2H3. The van der Waals surface area contributed by atoms with Crippen LogP contribution < -0.4 is 0 Å². The van der Waals surface area contributed by atoms with Crippen molar-refractivity contribution >= 4 is 17.0 Å². The normalized spacial score (nSPS) is 16.2. The van der Waals surface area contributed by atoms with Gasteiger partial charge in [0.2, 0.25) is 5.78 Å². The third-order valence-corrected chi connectivity index (χ3v) is 5.14. The molecular formula is C16H14F3NO3S. The molecule has 0 saturated heterocycles. The molecule has 1 heterocycles. The molecule has 1 atom stereocenters. The molecule has 0 spiro atoms. The van der Waals surface area contributed by atoms with Crippen molar-refractivity contribution in [1.29, 1.82) is 0 Å². The van der Waals surface area contributed by atoms with Gasteiger partial charge >= 0.3 is 6.18 Å². The van der Waals surface area contributed by atoms with Gasteiger partial charge in [0.15, 0.2) is 10.7 Å². The van der Waals surface area contributed by atoms with Crippen LogP contribution in [0.1, 0.15) is 51.6 Å². The molecule has 1 aromatic heterocycles. The van der Waals surface area contributed by atoms with E-state index in [9.17, 15) is 22.5 Å². The second-order valence-corrected chi connectivity index (χ2v) is 7.09. The van der Waals surface area contributed by atoms with E-state index in [1.165, 1.54) is 19.4 Å². The third kappa shape index (κ3) is 2.95. The lowest BCUT2D eigenvalue weighted by molar-refractivity contribution is -0.138. The minimum Gasteiger partial charge on any atom is -0.612 e. The fourth-order valence-corrected chi connectivity index (χ4v) is 3.76. The van der Waals surface area contributed by atoms with Crippen LogP contribution in [0.2, 0.25) is 0 Å². The van der Waals surface area contributed by atoms with Gasteiger partial charge in [-0.1, -0.05) is 5.16 Å². The van der Waals surface area contributed by atoms with Crippen molar-refractivity contribution in [3.8, 4) is 0 Å². The number of nitrogens with zero attached hydrogens (tertiary/aromatic N) is 1. The summed E-state index contributed by atoms with van der Waals surface area (Å²) in [5.74, 6) is 0.0585. The van der Waals surface area contributed by atoms with Crippen LogP contribution in [0, 0.1) is 6.92 Å². The van der Waals surface area contributed by atoms with Gasteiger partial charge < -0.3 is 9.08 Å². The number of alkyl halides is 3. The summed E-state index contributed by atoms with van der Waals surface area (Å²) < 4.78 is 56.3. The van der Waals surface area contributed by atoms with E-state index in [2.05, 4.69) is 5.16 Å². The number of carbonyl (C=O) groups is 1. The number of hydrogen-bond donors (Lipinski definition) is 0. The molecule has 0 bridgehead atoms. The van der Waals surface area contributed by atoms with Crippen molar-refractivity contribution in [3.63, 3.8) is 0 Å². The van der Waals surface area contributed by atoms with Crippen LogP contribution >= 0.6 is 0 Å². The fraction of sp³-hybridized carbons (Fsp3) is 0.375. The topological polar surface area (TPSA) is 66.2 Å². The zero-order valence-electron chi connectivity index (χ0n) is 12.9. The Kier molecular flexibility index (Phi) is 4.21. The highest BCUT2D eigenvalue weighted by molar-refractivity contribution is 7.90. The van der Waals surface area contributed by atoms with Gasteiger partial charge in [0.25, 0.3) is 0 Å². The lowest BCUT2D eigenvalue weighted by Gasteiger charge is -2.17. The van der Waals surface area contributed by atoms with Gasteiger partial charge in [-0.25, -0.2) is 0 Å². The van der Waals surface area contributed by atoms with Crippen molar-refractivity contribution in [2.45, 2.75) is 36.8 Å². The number of halogens is 3. The summed E-state index contributed by atoms with van der Waals surface area (Å²) in [6.45, 7) is 1.23. The maximum Gasteiger partial charge on any atom is 0.416 e. The third-order valence-electron chi connectivity index (χ3n) is 4.03. The summed E-state index contributed by atoms with van der Waals surface area (Å²) in [5, 5.41) is 3.63. The molecule has 1 aliphatic carbocycles. The maximum absolute atomic E-state index is 13.1. The number of aromatic nitrogens is 1. The molecule has 4 nitrogen and oxygen atoms in total. The highest BCUT2D eigenvalue weighted by Gasteiger charge is 2.38. The van der Waals surface area contributed by atoms with E-state index in [1.807, 2.05) is 0 Å². The lowest BCUT2D eigenvalue weighted by Crippen LogP contribution is -2.16. The fourth-order valence-electron chi connectivity index (χ4n) is 2.75. The molecule has 0 N–H and O–H groups in total. The van der Waals surface area contributed by atoms with Gasteiger partial charge in [-0.2, -0.15) is 13.2 Å². The number of rotatable bonds is 4. The first kappa shape index (κ1) is 17.0. The second kappa shape index (κ2) is 5.93. The number of ketones is 1. The summed E-state index contributed by atoms with van der Waals surface area (Å²) in [7, 11) is 0. The Hall–Kier alpha value is -1.80. The molecule has 1 fully saturated rings. The molecular weight excluding hydrogens is 343 g/mol. The Morgan fingerprint density at radius 2 is 2.00 bits per heavy atom. The lowest BCUT2D eigenvalue weighted by atomic mass is 9.98. The SMILES string of the molecule is Cc1c(C(F)(F)F)ccc(C(=O)c2cnoc2C2CC2)c1[S+](C)[O-]. The Morgan fingerprint density at radius 1 is 1.33 bits per heavy atom. The highest BCUT2D eigenvalue weighted by Crippen LogP contribution is 2.43. The molecule has 1 aliphatic rings. The molecule has 24 heavy (non-hydrogen) atoms. The Bertz CT molecular complexity index is 794. The summed E-state index contributed by atoms with van der Waals surface area (Å²) in [6, 6.07) is 1.93. The smallest absolute Gasteiger partial charge is 0.416 e. The van der Waals surface area contributed by atoms with Crippen LogP contribution in [0.25, 0.3) is 0 Å². The quantitative estimate of drug-likeness (QED) is 0.616. The zero-order valence-corrected chi connectivity index (χ0v) is 13.8. The molecule has 1 saturated carbocycles. The van der Waals surface area contributed by atoms with E-state index in [0.717, 1.165) is 25.0 Å². The van der Waals surface area contributed by atoms with Gasteiger partial charge in [0, 0.05) is 11.5 Å². The van der Waals surface area contributed by atoms with Gasteiger partial charge in [0.1, 0.15) is 6.26 Å². The van der Waals surface area contributed by atoms with Crippen molar-refractivity contribution < 1.29 is 27.0 Å². The van der Waals surface area contributed by atoms with Crippen molar-refractivity contribution in [2.75, 3.05) is 6.26 Å². The highest BCUT2D eigenvalue weighted by atomic mass is 32.2.